The van der Waals surface area contributed by atoms with Crippen LogP contribution in [0.3, 0.4) is 0 Å². The van der Waals surface area contributed by atoms with E-state index in [-0.39, 0.29) is 0 Å². The van der Waals surface area contributed by atoms with Crippen LogP contribution < -0.4 is 5.73 Å². The lowest BCUT2D eigenvalue weighted by atomic mass is 10.4. The molecule has 0 aromatic heterocycles. The predicted octanol–water partition coefficient (Wildman–Crippen LogP) is 1.99. The summed E-state index contributed by atoms with van der Waals surface area (Å²) >= 11 is 5.50. The van der Waals surface area contributed by atoms with E-state index in [1.165, 1.54) is 6.20 Å². The van der Waals surface area contributed by atoms with E-state index >= 15 is 0 Å². The summed E-state index contributed by atoms with van der Waals surface area (Å²) in [6.07, 6.45) is 6.07. The topological polar surface area (TPSA) is 26.0 Å². The molecule has 0 rings (SSSR count). The Morgan fingerprint density at radius 1 is 1.75 bits per heavy atom. The van der Waals surface area contributed by atoms with Crippen LogP contribution >= 0.6 is 11.6 Å². The highest BCUT2D eigenvalue weighted by Crippen LogP contribution is 1.99. The third-order valence-electron chi connectivity index (χ3n) is 0.671. The van der Waals surface area contributed by atoms with Gasteiger partial charge in [0, 0.05) is 5.03 Å². The van der Waals surface area contributed by atoms with Crippen LogP contribution in [-0.2, 0) is 0 Å². The van der Waals surface area contributed by atoms with Gasteiger partial charge >= 0.3 is 0 Å². The molecular formula is C6H10ClN. The van der Waals surface area contributed by atoms with E-state index in [1.54, 1.807) is 0 Å². The Kier molecular flexibility index (Phi) is 4.47. The molecular weight excluding hydrogens is 122 g/mol. The van der Waals surface area contributed by atoms with Crippen LogP contribution in [0.25, 0.3) is 0 Å². The van der Waals surface area contributed by atoms with E-state index in [4.69, 9.17) is 17.3 Å². The Hall–Kier alpha value is -0.430. The predicted molar refractivity (Wildman–Crippen MR) is 37.6 cm³/mol. The highest BCUT2D eigenvalue weighted by atomic mass is 35.5. The Bertz CT molecular complexity index is 101. The van der Waals surface area contributed by atoms with Crippen molar-refractivity contribution in [2.24, 2.45) is 5.73 Å². The summed E-state index contributed by atoms with van der Waals surface area (Å²) in [6.45, 7) is 1.84. The maximum Gasteiger partial charge on any atom is 0.0113 e. The molecule has 0 amide bonds. The summed E-state index contributed by atoms with van der Waals surface area (Å²) in [4.78, 5) is 0. The second-order valence-corrected chi connectivity index (χ2v) is 2.05. The molecule has 1 nitrogen and oxygen atoms in total. The normalized spacial score (nSPS) is 13.0. The van der Waals surface area contributed by atoms with Crippen LogP contribution in [0.4, 0.5) is 0 Å². The summed E-state index contributed by atoms with van der Waals surface area (Å²) in [7, 11) is 0. The molecule has 0 atom stereocenters. The molecule has 2 heteroatoms. The fourth-order valence-electron chi connectivity index (χ4n) is 0.309. The van der Waals surface area contributed by atoms with E-state index in [9.17, 15) is 0 Å². The maximum absolute atomic E-state index is 5.50. The van der Waals surface area contributed by atoms with E-state index in [2.05, 4.69) is 0 Å². The molecule has 46 valence electrons. The molecule has 0 aromatic carbocycles. The largest absolute Gasteiger partial charge is 0.405 e. The first-order chi connectivity index (χ1) is 3.77. The second-order valence-electron chi connectivity index (χ2n) is 1.45. The van der Waals surface area contributed by atoms with E-state index in [0.29, 0.717) is 0 Å². The van der Waals surface area contributed by atoms with Gasteiger partial charge in [0.1, 0.15) is 0 Å². The zero-order valence-corrected chi connectivity index (χ0v) is 5.65. The Balaban J connectivity index is 3.30. The molecule has 0 aromatic rings. The molecule has 0 bridgehead atoms. The van der Waals surface area contributed by atoms with Gasteiger partial charge in [-0.1, -0.05) is 23.8 Å². The van der Waals surface area contributed by atoms with Gasteiger partial charge in [0.15, 0.2) is 0 Å². The van der Waals surface area contributed by atoms with Gasteiger partial charge in [-0.2, -0.15) is 0 Å². The lowest BCUT2D eigenvalue weighted by molar-refractivity contribution is 1.34. The van der Waals surface area contributed by atoms with Crippen LogP contribution in [0.1, 0.15) is 13.3 Å². The van der Waals surface area contributed by atoms with E-state index in [1.807, 2.05) is 19.1 Å². The Morgan fingerprint density at radius 2 is 2.38 bits per heavy atom. The highest BCUT2D eigenvalue weighted by Gasteiger charge is 1.74. The molecule has 0 radical (unpaired) electrons. The van der Waals surface area contributed by atoms with Crippen molar-refractivity contribution in [3.8, 4) is 0 Å². The average molecular weight is 132 g/mol. The molecule has 0 fully saturated rings. The van der Waals surface area contributed by atoms with Crippen molar-refractivity contribution in [2.75, 3.05) is 0 Å². The average Bonchev–Trinajstić information content (AvgIpc) is 1.66. The standard InChI is InChI=1S/C6H10ClN/c1-6(7)4-2-3-5-8/h3-5H,2,8H2,1H3/b5-3-,6-4+. The minimum Gasteiger partial charge on any atom is -0.405 e. The van der Waals surface area contributed by atoms with Gasteiger partial charge in [0.05, 0.1) is 0 Å². The highest BCUT2D eigenvalue weighted by molar-refractivity contribution is 6.29. The van der Waals surface area contributed by atoms with Gasteiger partial charge in [0.2, 0.25) is 0 Å². The number of hydrogen-bond donors (Lipinski definition) is 1. The minimum atomic E-state index is 0.808. The summed E-state index contributed by atoms with van der Waals surface area (Å²) < 4.78 is 0. The molecule has 0 spiro atoms. The maximum atomic E-state index is 5.50. The number of nitrogens with two attached hydrogens (primary N) is 1. The van der Waals surface area contributed by atoms with Crippen molar-refractivity contribution in [1.82, 2.24) is 0 Å². The first-order valence-corrected chi connectivity index (χ1v) is 2.84. The number of hydrogen-bond acceptors (Lipinski definition) is 1. The van der Waals surface area contributed by atoms with Crippen molar-refractivity contribution < 1.29 is 0 Å². The van der Waals surface area contributed by atoms with Gasteiger partial charge in [-0.05, 0) is 19.5 Å². The van der Waals surface area contributed by atoms with Gasteiger partial charge in [-0.15, -0.1) is 0 Å². The molecule has 8 heavy (non-hydrogen) atoms. The van der Waals surface area contributed by atoms with E-state index in [0.717, 1.165) is 11.5 Å². The summed E-state index contributed by atoms with van der Waals surface area (Å²) in [6, 6.07) is 0. The number of allylic oxidation sites excluding steroid dienone is 3. The summed E-state index contributed by atoms with van der Waals surface area (Å²) in [5.41, 5.74) is 5.06. The first kappa shape index (κ1) is 7.57. The number of rotatable bonds is 2. The van der Waals surface area contributed by atoms with Crippen LogP contribution in [0.15, 0.2) is 23.4 Å². The molecule has 0 unspecified atom stereocenters. The quantitative estimate of drug-likeness (QED) is 0.610. The van der Waals surface area contributed by atoms with Crippen molar-refractivity contribution >= 4 is 11.6 Å². The van der Waals surface area contributed by atoms with Crippen molar-refractivity contribution in [1.29, 1.82) is 0 Å². The molecule has 0 aliphatic heterocycles. The fraction of sp³-hybridized carbons (Fsp3) is 0.333. The minimum absolute atomic E-state index is 0.808. The zero-order chi connectivity index (χ0) is 6.41. The van der Waals surface area contributed by atoms with Crippen molar-refractivity contribution in [3.05, 3.63) is 23.4 Å². The lowest BCUT2D eigenvalue weighted by Gasteiger charge is -1.80. The lowest BCUT2D eigenvalue weighted by Crippen LogP contribution is -1.73. The van der Waals surface area contributed by atoms with Gasteiger partial charge in [-0.3, -0.25) is 0 Å². The second kappa shape index (κ2) is 4.72. The smallest absolute Gasteiger partial charge is 0.0113 e. The first-order valence-electron chi connectivity index (χ1n) is 2.46. The molecule has 0 aliphatic carbocycles. The van der Waals surface area contributed by atoms with Crippen LogP contribution in [-0.4, -0.2) is 0 Å². The Labute approximate surface area is 54.8 Å². The molecule has 2 N–H and O–H groups in total. The SMILES string of the molecule is C/C(Cl)=C\C/C=C\N. The van der Waals surface area contributed by atoms with Crippen LogP contribution in [0.5, 0.6) is 0 Å². The van der Waals surface area contributed by atoms with E-state index < -0.39 is 0 Å². The van der Waals surface area contributed by atoms with Gasteiger partial charge < -0.3 is 5.73 Å². The monoisotopic (exact) mass is 131 g/mol. The molecule has 0 saturated heterocycles. The van der Waals surface area contributed by atoms with Gasteiger partial charge in [-0.25, -0.2) is 0 Å². The van der Waals surface area contributed by atoms with Crippen molar-refractivity contribution in [2.45, 2.75) is 13.3 Å². The van der Waals surface area contributed by atoms with Crippen LogP contribution in [0, 0.1) is 0 Å². The summed E-state index contributed by atoms with van der Waals surface area (Å²) in [5, 5.41) is 0.808. The number of halogens is 1. The fourth-order valence-corrected chi connectivity index (χ4v) is 0.398. The Morgan fingerprint density at radius 3 is 2.75 bits per heavy atom. The third kappa shape index (κ3) is 5.57. The van der Waals surface area contributed by atoms with Gasteiger partial charge in [0.25, 0.3) is 0 Å². The van der Waals surface area contributed by atoms with Crippen LogP contribution in [0.2, 0.25) is 0 Å². The molecule has 0 saturated carbocycles. The summed E-state index contributed by atoms with van der Waals surface area (Å²) in [5.74, 6) is 0. The van der Waals surface area contributed by atoms with Crippen molar-refractivity contribution in [3.63, 3.8) is 0 Å². The third-order valence-corrected chi connectivity index (χ3v) is 0.826. The molecule has 0 aliphatic rings. The molecule has 0 heterocycles. The zero-order valence-electron chi connectivity index (χ0n) is 4.89.